The van der Waals surface area contributed by atoms with Crippen LogP contribution in [0.1, 0.15) is 36.9 Å². The summed E-state index contributed by atoms with van der Waals surface area (Å²) in [4.78, 5) is 23.7. The molecule has 1 aromatic rings. The Hall–Kier alpha value is -1.89. The number of carbonyl (C=O) groups excluding carboxylic acids is 2. The first-order valence-electron chi connectivity index (χ1n) is 7.37. The van der Waals surface area contributed by atoms with Crippen LogP contribution in [-0.4, -0.2) is 38.9 Å². The van der Waals surface area contributed by atoms with E-state index in [4.69, 9.17) is 18.2 Å². The van der Waals surface area contributed by atoms with Gasteiger partial charge in [-0.3, -0.25) is 4.57 Å². The highest BCUT2D eigenvalue weighted by atomic mass is 31.2. The van der Waals surface area contributed by atoms with Crippen LogP contribution in [0.3, 0.4) is 0 Å². The standard InChI is InChI=1S/C15H21O8P/c1-5-20-13(16)10-12(24(18,22-6-2)23-7-3)14-11(8-9-21-14)15(17)19-4/h8-10H,5-7H2,1-4H3. The predicted molar refractivity (Wildman–Crippen MR) is 85.5 cm³/mol. The number of methoxy groups -OCH3 is 1. The Morgan fingerprint density at radius 1 is 1.17 bits per heavy atom. The Morgan fingerprint density at radius 2 is 1.79 bits per heavy atom. The second-order valence-corrected chi connectivity index (χ2v) is 6.26. The van der Waals surface area contributed by atoms with Crippen LogP contribution in [0.25, 0.3) is 5.31 Å². The molecule has 0 unspecified atom stereocenters. The third-order valence-electron chi connectivity index (χ3n) is 2.74. The van der Waals surface area contributed by atoms with Crippen LogP contribution in [0.5, 0.6) is 0 Å². The molecule has 0 aliphatic carbocycles. The molecule has 24 heavy (non-hydrogen) atoms. The number of carbonyl (C=O) groups is 2. The Bertz CT molecular complexity index is 636. The van der Waals surface area contributed by atoms with Gasteiger partial charge in [0.2, 0.25) is 0 Å². The number of hydrogen-bond donors (Lipinski definition) is 0. The largest absolute Gasteiger partial charge is 0.465 e. The minimum atomic E-state index is -3.91. The van der Waals surface area contributed by atoms with E-state index in [1.54, 1.807) is 20.8 Å². The van der Waals surface area contributed by atoms with E-state index >= 15 is 0 Å². The van der Waals surface area contributed by atoms with Gasteiger partial charge in [-0.05, 0) is 26.8 Å². The van der Waals surface area contributed by atoms with Crippen LogP contribution < -0.4 is 0 Å². The van der Waals surface area contributed by atoms with Crippen molar-refractivity contribution in [3.05, 3.63) is 29.7 Å². The van der Waals surface area contributed by atoms with Crippen LogP contribution in [0.15, 0.2) is 22.8 Å². The number of esters is 2. The molecule has 8 nitrogen and oxygen atoms in total. The van der Waals surface area contributed by atoms with Crippen molar-refractivity contribution in [3.63, 3.8) is 0 Å². The molecule has 1 heterocycles. The van der Waals surface area contributed by atoms with Gasteiger partial charge in [-0.2, -0.15) is 0 Å². The summed E-state index contributed by atoms with van der Waals surface area (Å²) in [5, 5.41) is -0.199. The molecule has 0 spiro atoms. The smallest absolute Gasteiger partial charge is 0.365 e. The van der Waals surface area contributed by atoms with E-state index in [0.29, 0.717) is 0 Å². The number of ether oxygens (including phenoxy) is 2. The van der Waals surface area contributed by atoms with Crippen LogP contribution in [0.4, 0.5) is 0 Å². The summed E-state index contributed by atoms with van der Waals surface area (Å²) in [6.07, 6.45) is 2.16. The Morgan fingerprint density at radius 3 is 2.29 bits per heavy atom. The van der Waals surface area contributed by atoms with Gasteiger partial charge in [-0.25, -0.2) is 9.59 Å². The van der Waals surface area contributed by atoms with Gasteiger partial charge < -0.3 is 22.9 Å². The Balaban J connectivity index is 3.50. The molecular weight excluding hydrogens is 339 g/mol. The van der Waals surface area contributed by atoms with Crippen molar-refractivity contribution < 1.29 is 37.1 Å². The molecule has 0 radical (unpaired) electrons. The van der Waals surface area contributed by atoms with Crippen LogP contribution in [-0.2, 0) is 27.9 Å². The number of rotatable bonds is 9. The summed E-state index contributed by atoms with van der Waals surface area (Å²) in [5.74, 6) is -1.60. The van der Waals surface area contributed by atoms with Gasteiger partial charge >= 0.3 is 19.5 Å². The van der Waals surface area contributed by atoms with Gasteiger partial charge in [0, 0.05) is 6.08 Å². The molecule has 0 bridgehead atoms. The summed E-state index contributed by atoms with van der Waals surface area (Å²) in [6.45, 7) is 5.12. The molecule has 0 N–H and O–H groups in total. The third kappa shape index (κ3) is 4.80. The molecule has 0 saturated heterocycles. The normalized spacial score (nSPS) is 12.1. The fourth-order valence-corrected chi connectivity index (χ4v) is 3.58. The summed E-state index contributed by atoms with van der Waals surface area (Å²) >= 11 is 0. The van der Waals surface area contributed by atoms with Gasteiger partial charge in [-0.15, -0.1) is 0 Å². The van der Waals surface area contributed by atoms with E-state index in [1.165, 1.54) is 19.4 Å². The molecule has 0 atom stereocenters. The van der Waals surface area contributed by atoms with Gasteiger partial charge in [0.05, 0.1) is 33.2 Å². The van der Waals surface area contributed by atoms with Gasteiger partial charge in [0.1, 0.15) is 10.9 Å². The molecule has 0 aliphatic heterocycles. The van der Waals surface area contributed by atoms with Crippen molar-refractivity contribution in [1.82, 2.24) is 0 Å². The maximum Gasteiger partial charge on any atom is 0.365 e. The van der Waals surface area contributed by atoms with Crippen molar-refractivity contribution in [2.75, 3.05) is 26.9 Å². The summed E-state index contributed by atoms with van der Waals surface area (Å²) in [5.41, 5.74) is -0.00678. The average Bonchev–Trinajstić information content (AvgIpc) is 3.01. The topological polar surface area (TPSA) is 101 Å². The minimum absolute atomic E-state index is 0.00678. The highest BCUT2D eigenvalue weighted by molar-refractivity contribution is 7.65. The quantitative estimate of drug-likeness (QED) is 0.376. The van der Waals surface area contributed by atoms with Crippen LogP contribution >= 0.6 is 7.60 Å². The van der Waals surface area contributed by atoms with Crippen molar-refractivity contribution in [2.24, 2.45) is 0 Å². The minimum Gasteiger partial charge on any atom is -0.465 e. The zero-order chi connectivity index (χ0) is 18.2. The molecule has 0 aromatic carbocycles. The lowest BCUT2D eigenvalue weighted by molar-refractivity contribution is -0.137. The van der Waals surface area contributed by atoms with Crippen LogP contribution in [0, 0.1) is 0 Å². The van der Waals surface area contributed by atoms with Gasteiger partial charge in [-0.1, -0.05) is 0 Å². The fraction of sp³-hybridized carbons (Fsp3) is 0.467. The van der Waals surface area contributed by atoms with Crippen molar-refractivity contribution in [2.45, 2.75) is 20.8 Å². The highest BCUT2D eigenvalue weighted by Gasteiger charge is 2.36. The van der Waals surface area contributed by atoms with Gasteiger partial charge in [0.15, 0.2) is 5.76 Å². The SMILES string of the molecule is CCOC(=O)C=C(c1occc1C(=O)OC)P(=O)(OCC)OCC. The molecule has 0 fully saturated rings. The first-order chi connectivity index (χ1) is 11.4. The second kappa shape index (κ2) is 9.42. The van der Waals surface area contributed by atoms with Crippen LogP contribution in [0.2, 0.25) is 0 Å². The number of hydrogen-bond acceptors (Lipinski definition) is 8. The molecule has 0 amide bonds. The zero-order valence-electron chi connectivity index (χ0n) is 14.1. The molecule has 0 saturated carbocycles. The lowest BCUT2D eigenvalue weighted by atomic mass is 10.2. The monoisotopic (exact) mass is 360 g/mol. The molecule has 1 rings (SSSR count). The lowest BCUT2D eigenvalue weighted by Crippen LogP contribution is -2.07. The van der Waals surface area contributed by atoms with E-state index in [2.05, 4.69) is 4.74 Å². The van der Waals surface area contributed by atoms with E-state index in [0.717, 1.165) is 6.08 Å². The average molecular weight is 360 g/mol. The maximum absolute atomic E-state index is 13.1. The van der Waals surface area contributed by atoms with Crippen molar-refractivity contribution in [1.29, 1.82) is 0 Å². The van der Waals surface area contributed by atoms with Crippen molar-refractivity contribution in [3.8, 4) is 0 Å². The van der Waals surface area contributed by atoms with E-state index in [-0.39, 0.29) is 36.5 Å². The Labute approximate surface area is 140 Å². The molecule has 1 aromatic heterocycles. The molecule has 134 valence electrons. The van der Waals surface area contributed by atoms with Crippen molar-refractivity contribution >= 4 is 24.8 Å². The second-order valence-electron chi connectivity index (χ2n) is 4.27. The first kappa shape index (κ1) is 20.2. The summed E-state index contributed by atoms with van der Waals surface area (Å²) < 4.78 is 38.3. The lowest BCUT2D eigenvalue weighted by Gasteiger charge is -2.19. The van der Waals surface area contributed by atoms with E-state index in [1.807, 2.05) is 0 Å². The predicted octanol–water partition coefficient (Wildman–Crippen LogP) is 3.24. The third-order valence-corrected chi connectivity index (χ3v) is 4.86. The Kier molecular flexibility index (Phi) is 7.91. The van der Waals surface area contributed by atoms with Gasteiger partial charge in [0.25, 0.3) is 0 Å². The first-order valence-corrected chi connectivity index (χ1v) is 8.92. The highest BCUT2D eigenvalue weighted by Crippen LogP contribution is 2.61. The summed E-state index contributed by atoms with van der Waals surface area (Å²) in [7, 11) is -2.72. The van der Waals surface area contributed by atoms with E-state index < -0.39 is 19.5 Å². The summed E-state index contributed by atoms with van der Waals surface area (Å²) in [6, 6.07) is 1.34. The fourth-order valence-electron chi connectivity index (χ4n) is 1.86. The van der Waals surface area contributed by atoms with E-state index in [9.17, 15) is 14.2 Å². The molecular formula is C15H21O8P. The maximum atomic E-state index is 13.1. The zero-order valence-corrected chi connectivity index (χ0v) is 15.0. The molecule has 9 heteroatoms. The number of furan rings is 1. The molecule has 0 aliphatic rings.